The van der Waals surface area contributed by atoms with Gasteiger partial charge in [0.05, 0.1) is 16.9 Å². The van der Waals surface area contributed by atoms with E-state index in [1.807, 2.05) is 4.90 Å². The molecule has 0 bridgehead atoms. The molecule has 0 aliphatic carbocycles. The highest BCUT2D eigenvalue weighted by Gasteiger charge is 2.28. The molecule has 2 atom stereocenters. The minimum Gasteiger partial charge on any atom is -0.389 e. The number of benzene rings is 1. The van der Waals surface area contributed by atoms with Crippen LogP contribution in [0.5, 0.6) is 0 Å². The van der Waals surface area contributed by atoms with Crippen LogP contribution in [0.15, 0.2) is 18.2 Å². The summed E-state index contributed by atoms with van der Waals surface area (Å²) in [6, 6.07) is 4.68. The minimum absolute atomic E-state index is 0.0569. The number of piperidine rings is 1. The molecule has 1 aromatic carbocycles. The molecule has 3 N–H and O–H groups in total. The predicted octanol–water partition coefficient (Wildman–Crippen LogP) is 1.35. The molecular weight excluding hydrogens is 274 g/mol. The Labute approximate surface area is 122 Å². The van der Waals surface area contributed by atoms with Crippen molar-refractivity contribution in [1.82, 2.24) is 0 Å². The fourth-order valence-electron chi connectivity index (χ4n) is 2.64. The number of nitrogens with zero attached hydrogens (tertiary/aromatic N) is 2. The molecule has 7 nitrogen and oxygen atoms in total. The van der Waals surface area contributed by atoms with E-state index in [4.69, 9.17) is 5.73 Å². The second-order valence-electron chi connectivity index (χ2n) is 5.37. The highest BCUT2D eigenvalue weighted by Crippen LogP contribution is 2.33. The van der Waals surface area contributed by atoms with Gasteiger partial charge in [0.1, 0.15) is 5.69 Å². The van der Waals surface area contributed by atoms with Gasteiger partial charge in [0, 0.05) is 19.2 Å². The number of amides is 1. The lowest BCUT2D eigenvalue weighted by Crippen LogP contribution is -2.41. The fraction of sp³-hybridized carbons (Fsp3) is 0.500. The van der Waals surface area contributed by atoms with E-state index in [2.05, 4.69) is 0 Å². The van der Waals surface area contributed by atoms with E-state index in [1.165, 1.54) is 6.07 Å². The monoisotopic (exact) mass is 293 g/mol. The lowest BCUT2D eigenvalue weighted by Gasteiger charge is -2.32. The number of hydrogen-bond donors (Lipinski definition) is 2. The lowest BCUT2D eigenvalue weighted by atomic mass is 9.96. The van der Waals surface area contributed by atoms with Crippen molar-refractivity contribution in [2.45, 2.75) is 25.9 Å². The van der Waals surface area contributed by atoms with E-state index in [0.29, 0.717) is 30.8 Å². The summed E-state index contributed by atoms with van der Waals surface area (Å²) in [5.74, 6) is -0.655. The standard InChI is InChI=1S/C14H19N3O4/c1-9(18)10-4-5-12(13(7-10)17(20)21)16-6-2-3-11(8-16)14(15)19/h4-5,7,9,11,18H,2-3,6,8H2,1H3,(H2,15,19)/t9-,11?/m0/s1. The molecule has 1 amide bonds. The Morgan fingerprint density at radius 1 is 1.57 bits per heavy atom. The molecule has 1 saturated heterocycles. The van der Waals surface area contributed by atoms with Gasteiger partial charge in [-0.2, -0.15) is 0 Å². The van der Waals surface area contributed by atoms with Gasteiger partial charge < -0.3 is 15.7 Å². The third kappa shape index (κ3) is 3.30. The van der Waals surface area contributed by atoms with Crippen LogP contribution < -0.4 is 10.6 Å². The Morgan fingerprint density at radius 2 is 2.29 bits per heavy atom. The van der Waals surface area contributed by atoms with Crippen LogP contribution in [0.1, 0.15) is 31.4 Å². The number of carbonyl (C=O) groups excluding carboxylic acids is 1. The molecule has 1 aliphatic heterocycles. The summed E-state index contributed by atoms with van der Waals surface area (Å²) in [7, 11) is 0. The van der Waals surface area contributed by atoms with Crippen molar-refractivity contribution in [1.29, 1.82) is 0 Å². The van der Waals surface area contributed by atoms with Crippen LogP contribution in [0, 0.1) is 16.0 Å². The average molecular weight is 293 g/mol. The van der Waals surface area contributed by atoms with Gasteiger partial charge in [-0.25, -0.2) is 0 Å². The molecule has 1 aromatic rings. The zero-order valence-corrected chi connectivity index (χ0v) is 11.9. The third-order valence-electron chi connectivity index (χ3n) is 3.84. The predicted molar refractivity (Wildman–Crippen MR) is 77.9 cm³/mol. The fourth-order valence-corrected chi connectivity index (χ4v) is 2.64. The average Bonchev–Trinajstić information content (AvgIpc) is 2.46. The summed E-state index contributed by atoms with van der Waals surface area (Å²) in [5, 5.41) is 20.8. The summed E-state index contributed by atoms with van der Waals surface area (Å²) in [4.78, 5) is 23.9. The Morgan fingerprint density at radius 3 is 2.86 bits per heavy atom. The number of nitrogens with two attached hydrogens (primary N) is 1. The van der Waals surface area contributed by atoms with Gasteiger partial charge in [0.15, 0.2) is 0 Å². The zero-order valence-electron chi connectivity index (χ0n) is 11.9. The van der Waals surface area contributed by atoms with Gasteiger partial charge in [-0.3, -0.25) is 14.9 Å². The molecule has 1 aliphatic rings. The van der Waals surface area contributed by atoms with E-state index in [-0.39, 0.29) is 17.5 Å². The highest BCUT2D eigenvalue weighted by atomic mass is 16.6. The number of nitro benzene ring substituents is 1. The number of hydrogen-bond acceptors (Lipinski definition) is 5. The van der Waals surface area contributed by atoms with Gasteiger partial charge in [0.25, 0.3) is 5.69 Å². The Kier molecular flexibility index (Phi) is 4.42. The van der Waals surface area contributed by atoms with Crippen molar-refractivity contribution in [2.75, 3.05) is 18.0 Å². The number of carbonyl (C=O) groups is 1. The minimum atomic E-state index is -0.766. The molecule has 21 heavy (non-hydrogen) atoms. The molecule has 0 radical (unpaired) electrons. The molecule has 7 heteroatoms. The van der Waals surface area contributed by atoms with E-state index < -0.39 is 11.0 Å². The van der Waals surface area contributed by atoms with E-state index in [9.17, 15) is 20.0 Å². The third-order valence-corrected chi connectivity index (χ3v) is 3.84. The van der Waals surface area contributed by atoms with Crippen LogP contribution in [0.25, 0.3) is 0 Å². The van der Waals surface area contributed by atoms with E-state index >= 15 is 0 Å². The first-order valence-electron chi connectivity index (χ1n) is 6.91. The molecule has 2 rings (SSSR count). The number of anilines is 1. The summed E-state index contributed by atoms with van der Waals surface area (Å²) in [6.07, 6.45) is 0.714. The van der Waals surface area contributed by atoms with Crippen LogP contribution in [-0.4, -0.2) is 29.0 Å². The molecule has 0 saturated carbocycles. The van der Waals surface area contributed by atoms with Crippen molar-refractivity contribution >= 4 is 17.3 Å². The smallest absolute Gasteiger partial charge is 0.292 e. The maximum Gasteiger partial charge on any atom is 0.292 e. The highest BCUT2D eigenvalue weighted by molar-refractivity contribution is 5.78. The van der Waals surface area contributed by atoms with Crippen LogP contribution in [0.4, 0.5) is 11.4 Å². The quantitative estimate of drug-likeness (QED) is 0.643. The Bertz CT molecular complexity index is 559. The van der Waals surface area contributed by atoms with Crippen molar-refractivity contribution in [3.8, 4) is 0 Å². The largest absolute Gasteiger partial charge is 0.389 e. The summed E-state index contributed by atoms with van der Waals surface area (Å²) < 4.78 is 0. The number of aliphatic hydroxyl groups is 1. The molecule has 1 fully saturated rings. The molecule has 1 unspecified atom stereocenters. The SMILES string of the molecule is C[C@H](O)c1ccc(N2CCCC(C(N)=O)C2)c([N+](=O)[O-])c1. The van der Waals surface area contributed by atoms with Crippen LogP contribution >= 0.6 is 0 Å². The first-order valence-corrected chi connectivity index (χ1v) is 6.91. The van der Waals surface area contributed by atoms with Gasteiger partial charge in [-0.05, 0) is 31.4 Å². The second kappa shape index (κ2) is 6.09. The maximum atomic E-state index is 11.3. The summed E-state index contributed by atoms with van der Waals surface area (Å²) >= 11 is 0. The first kappa shape index (κ1) is 15.2. The molecule has 0 spiro atoms. The first-order chi connectivity index (χ1) is 9.90. The number of aliphatic hydroxyl groups excluding tert-OH is 1. The zero-order chi connectivity index (χ0) is 15.6. The van der Waals surface area contributed by atoms with Crippen molar-refractivity contribution in [3.63, 3.8) is 0 Å². The van der Waals surface area contributed by atoms with E-state index in [0.717, 1.165) is 6.42 Å². The Hall–Kier alpha value is -2.15. The van der Waals surface area contributed by atoms with Crippen LogP contribution in [-0.2, 0) is 4.79 Å². The summed E-state index contributed by atoms with van der Waals surface area (Å²) in [5.41, 5.74) is 6.24. The van der Waals surface area contributed by atoms with Gasteiger partial charge >= 0.3 is 0 Å². The number of nitro groups is 1. The van der Waals surface area contributed by atoms with Gasteiger partial charge in [0.2, 0.25) is 5.91 Å². The number of primary amides is 1. The molecule has 1 heterocycles. The molecular formula is C14H19N3O4. The van der Waals surface area contributed by atoms with Crippen LogP contribution in [0.3, 0.4) is 0 Å². The normalized spacial score (nSPS) is 20.1. The molecule has 0 aromatic heterocycles. The van der Waals surface area contributed by atoms with Crippen molar-refractivity contribution in [3.05, 3.63) is 33.9 Å². The van der Waals surface area contributed by atoms with Gasteiger partial charge in [-0.15, -0.1) is 0 Å². The van der Waals surface area contributed by atoms with Crippen molar-refractivity contribution < 1.29 is 14.8 Å². The topological polar surface area (TPSA) is 110 Å². The van der Waals surface area contributed by atoms with Crippen LogP contribution in [0.2, 0.25) is 0 Å². The summed E-state index contributed by atoms with van der Waals surface area (Å²) in [6.45, 7) is 2.60. The maximum absolute atomic E-state index is 11.3. The van der Waals surface area contributed by atoms with Gasteiger partial charge in [-0.1, -0.05) is 6.07 Å². The Balaban J connectivity index is 2.34. The van der Waals surface area contributed by atoms with Crippen molar-refractivity contribution in [2.24, 2.45) is 11.7 Å². The second-order valence-corrected chi connectivity index (χ2v) is 5.37. The number of rotatable bonds is 4. The van der Waals surface area contributed by atoms with E-state index in [1.54, 1.807) is 19.1 Å². The molecule has 114 valence electrons. The lowest BCUT2D eigenvalue weighted by molar-refractivity contribution is -0.384.